The molecule has 1 aliphatic rings. The minimum Gasteiger partial charge on any atom is -0.395 e. The molecule has 0 heterocycles. The van der Waals surface area contributed by atoms with E-state index in [9.17, 15) is 0 Å². The van der Waals surface area contributed by atoms with Gasteiger partial charge in [0, 0.05) is 17.6 Å². The standard InChI is InChI=1S/C13H18N2OS.ClH/c14-10(8-16)7-9-3-1-2-4-12(9)13(17)15-11-5-6-11;/h1-4,10-11,16H,5-8,14H2,(H,15,17);1H/t10-;/m0./s1. The predicted molar refractivity (Wildman–Crippen MR) is 80.3 cm³/mol. The van der Waals surface area contributed by atoms with Gasteiger partial charge in [-0.1, -0.05) is 36.5 Å². The number of hydrogen-bond acceptors (Lipinski definition) is 3. The zero-order chi connectivity index (χ0) is 12.3. The highest BCUT2D eigenvalue weighted by molar-refractivity contribution is 7.80. The highest BCUT2D eigenvalue weighted by atomic mass is 35.5. The molecular weight excluding hydrogens is 268 g/mol. The van der Waals surface area contributed by atoms with Crippen LogP contribution in [0.2, 0.25) is 0 Å². The van der Waals surface area contributed by atoms with Crippen molar-refractivity contribution < 1.29 is 5.11 Å². The molecule has 100 valence electrons. The first-order valence-corrected chi connectivity index (χ1v) is 6.36. The molecule has 0 aliphatic heterocycles. The summed E-state index contributed by atoms with van der Waals surface area (Å²) in [6.45, 7) is -0.00283. The van der Waals surface area contributed by atoms with Crippen molar-refractivity contribution in [2.24, 2.45) is 5.73 Å². The average Bonchev–Trinajstić information content (AvgIpc) is 3.13. The summed E-state index contributed by atoms with van der Waals surface area (Å²) in [6, 6.07) is 8.32. The van der Waals surface area contributed by atoms with E-state index in [0.717, 1.165) is 16.1 Å². The van der Waals surface area contributed by atoms with Crippen LogP contribution in [0.5, 0.6) is 0 Å². The predicted octanol–water partition coefficient (Wildman–Crippen LogP) is 1.40. The largest absolute Gasteiger partial charge is 0.395 e. The summed E-state index contributed by atoms with van der Waals surface area (Å²) in [5.41, 5.74) is 7.92. The third-order valence-electron chi connectivity index (χ3n) is 2.89. The van der Waals surface area contributed by atoms with Crippen LogP contribution >= 0.6 is 24.6 Å². The molecule has 1 aromatic rings. The molecule has 1 aromatic carbocycles. The van der Waals surface area contributed by atoms with Crippen LogP contribution in [0.1, 0.15) is 24.0 Å². The molecular formula is C13H19ClN2OS. The number of nitrogens with two attached hydrogens (primary N) is 1. The van der Waals surface area contributed by atoms with Crippen molar-refractivity contribution in [3.8, 4) is 0 Å². The van der Waals surface area contributed by atoms with Crippen LogP contribution in [-0.4, -0.2) is 28.8 Å². The number of aliphatic hydroxyl groups is 1. The van der Waals surface area contributed by atoms with Crippen LogP contribution in [0.3, 0.4) is 0 Å². The molecule has 5 heteroatoms. The van der Waals surface area contributed by atoms with Gasteiger partial charge in [0.15, 0.2) is 0 Å². The van der Waals surface area contributed by atoms with Crippen LogP contribution < -0.4 is 11.1 Å². The van der Waals surface area contributed by atoms with E-state index in [-0.39, 0.29) is 25.1 Å². The molecule has 0 bridgehead atoms. The first-order valence-electron chi connectivity index (χ1n) is 5.96. The van der Waals surface area contributed by atoms with E-state index in [2.05, 4.69) is 5.32 Å². The van der Waals surface area contributed by atoms with Gasteiger partial charge in [0.2, 0.25) is 0 Å². The van der Waals surface area contributed by atoms with Gasteiger partial charge in [0.1, 0.15) is 4.99 Å². The Morgan fingerprint density at radius 3 is 2.72 bits per heavy atom. The molecule has 1 fully saturated rings. The van der Waals surface area contributed by atoms with Crippen molar-refractivity contribution in [2.45, 2.75) is 31.3 Å². The zero-order valence-electron chi connectivity index (χ0n) is 10.1. The summed E-state index contributed by atoms with van der Waals surface area (Å²) in [6.07, 6.45) is 3.07. The Morgan fingerprint density at radius 2 is 2.11 bits per heavy atom. The Morgan fingerprint density at radius 1 is 1.44 bits per heavy atom. The first kappa shape index (κ1) is 15.4. The lowest BCUT2D eigenvalue weighted by molar-refractivity contribution is 0.265. The molecule has 1 atom stereocenters. The van der Waals surface area contributed by atoms with Gasteiger partial charge in [-0.2, -0.15) is 0 Å². The van der Waals surface area contributed by atoms with Gasteiger partial charge < -0.3 is 16.2 Å². The maximum absolute atomic E-state index is 9.01. The van der Waals surface area contributed by atoms with Gasteiger partial charge >= 0.3 is 0 Å². The number of halogens is 1. The van der Waals surface area contributed by atoms with Crippen molar-refractivity contribution in [2.75, 3.05) is 6.61 Å². The quantitative estimate of drug-likeness (QED) is 0.716. The molecule has 0 amide bonds. The van der Waals surface area contributed by atoms with Gasteiger partial charge in [-0.15, -0.1) is 12.4 Å². The summed E-state index contributed by atoms with van der Waals surface area (Å²) in [5, 5.41) is 12.3. The van der Waals surface area contributed by atoms with E-state index in [1.165, 1.54) is 12.8 Å². The smallest absolute Gasteiger partial charge is 0.107 e. The number of hydrogen-bond donors (Lipinski definition) is 3. The van der Waals surface area contributed by atoms with Gasteiger partial charge in [0.25, 0.3) is 0 Å². The SMILES string of the molecule is Cl.N[C@H](CO)Cc1ccccc1C(=S)NC1CC1. The summed E-state index contributed by atoms with van der Waals surface area (Å²) in [7, 11) is 0. The second-order valence-corrected chi connectivity index (χ2v) is 4.96. The second kappa shape index (κ2) is 7.04. The fourth-order valence-electron chi connectivity index (χ4n) is 1.76. The summed E-state index contributed by atoms with van der Waals surface area (Å²) >= 11 is 5.40. The average molecular weight is 287 g/mol. The minimum atomic E-state index is -0.222. The van der Waals surface area contributed by atoms with Crippen LogP contribution in [-0.2, 0) is 6.42 Å². The molecule has 1 aliphatic carbocycles. The fraction of sp³-hybridized carbons (Fsp3) is 0.462. The third kappa shape index (κ3) is 4.21. The topological polar surface area (TPSA) is 58.3 Å². The molecule has 1 saturated carbocycles. The Labute approximate surface area is 119 Å². The first-order chi connectivity index (χ1) is 8.20. The van der Waals surface area contributed by atoms with E-state index in [1.807, 2.05) is 24.3 Å². The van der Waals surface area contributed by atoms with Gasteiger partial charge in [-0.25, -0.2) is 0 Å². The van der Waals surface area contributed by atoms with Crippen LogP contribution in [0.4, 0.5) is 0 Å². The Balaban J connectivity index is 0.00000162. The third-order valence-corrected chi connectivity index (χ3v) is 3.23. The van der Waals surface area contributed by atoms with Gasteiger partial charge in [-0.05, 0) is 24.8 Å². The van der Waals surface area contributed by atoms with E-state index in [0.29, 0.717) is 12.5 Å². The Hall–Kier alpha value is -0.680. The second-order valence-electron chi connectivity index (χ2n) is 4.55. The maximum Gasteiger partial charge on any atom is 0.107 e. The molecule has 3 nitrogen and oxygen atoms in total. The van der Waals surface area contributed by atoms with Crippen molar-refractivity contribution in [1.29, 1.82) is 0 Å². The zero-order valence-corrected chi connectivity index (χ0v) is 11.8. The number of aliphatic hydroxyl groups excluding tert-OH is 1. The lowest BCUT2D eigenvalue weighted by atomic mass is 10.0. The van der Waals surface area contributed by atoms with Crippen molar-refractivity contribution in [1.82, 2.24) is 5.32 Å². The highest BCUT2D eigenvalue weighted by Gasteiger charge is 2.23. The van der Waals surface area contributed by atoms with E-state index in [4.69, 9.17) is 23.1 Å². The van der Waals surface area contributed by atoms with Crippen molar-refractivity contribution in [3.05, 3.63) is 35.4 Å². The highest BCUT2D eigenvalue weighted by Crippen LogP contribution is 2.20. The van der Waals surface area contributed by atoms with Crippen LogP contribution in [0.15, 0.2) is 24.3 Å². The Kier molecular flexibility index (Phi) is 6.02. The fourth-order valence-corrected chi connectivity index (χ4v) is 2.12. The normalized spacial score (nSPS) is 15.7. The molecule has 0 aromatic heterocycles. The lowest BCUT2D eigenvalue weighted by Crippen LogP contribution is -2.30. The minimum absolute atomic E-state index is 0. The Bertz CT molecular complexity index is 410. The molecule has 2 rings (SSSR count). The molecule has 4 N–H and O–H groups in total. The van der Waals surface area contributed by atoms with Crippen molar-refractivity contribution in [3.63, 3.8) is 0 Å². The van der Waals surface area contributed by atoms with E-state index >= 15 is 0 Å². The summed E-state index contributed by atoms with van der Waals surface area (Å²) in [4.78, 5) is 0.799. The van der Waals surface area contributed by atoms with Gasteiger partial charge in [0.05, 0.1) is 6.61 Å². The monoisotopic (exact) mass is 286 g/mol. The van der Waals surface area contributed by atoms with Crippen molar-refractivity contribution >= 4 is 29.6 Å². The van der Waals surface area contributed by atoms with E-state index < -0.39 is 0 Å². The molecule has 0 unspecified atom stereocenters. The number of benzene rings is 1. The molecule has 0 spiro atoms. The maximum atomic E-state index is 9.01. The number of nitrogens with one attached hydrogen (secondary N) is 1. The lowest BCUT2D eigenvalue weighted by Gasteiger charge is -2.14. The summed E-state index contributed by atoms with van der Waals surface area (Å²) in [5.74, 6) is 0. The molecule has 18 heavy (non-hydrogen) atoms. The van der Waals surface area contributed by atoms with E-state index in [1.54, 1.807) is 0 Å². The number of rotatable bonds is 5. The van der Waals surface area contributed by atoms with Crippen LogP contribution in [0.25, 0.3) is 0 Å². The van der Waals surface area contributed by atoms with Crippen LogP contribution in [0, 0.1) is 0 Å². The van der Waals surface area contributed by atoms with Gasteiger partial charge in [-0.3, -0.25) is 0 Å². The summed E-state index contributed by atoms with van der Waals surface area (Å²) < 4.78 is 0. The number of thiocarbonyl (C=S) groups is 1. The molecule has 0 saturated heterocycles. The molecule has 0 radical (unpaired) electrons.